The molecule has 1 saturated heterocycles. The number of aromatic nitrogens is 2. The number of carbonyl (C=O) groups excluding carboxylic acids is 2. The molecule has 0 bridgehead atoms. The Kier molecular flexibility index (Phi) is 5.83. The largest absolute Gasteiger partial charge is 0.507 e. The van der Waals surface area contributed by atoms with E-state index in [1.54, 1.807) is 13.8 Å². The fraction of sp³-hybridized carbons (Fsp3) is 0.381. The van der Waals surface area contributed by atoms with Crippen molar-refractivity contribution in [2.75, 3.05) is 27.2 Å². The number of benzene rings is 1. The van der Waals surface area contributed by atoms with Gasteiger partial charge in [0, 0.05) is 12.2 Å². The third kappa shape index (κ3) is 3.93. The lowest BCUT2D eigenvalue weighted by molar-refractivity contribution is -0.139. The van der Waals surface area contributed by atoms with E-state index in [0.717, 1.165) is 6.54 Å². The second-order valence-electron chi connectivity index (χ2n) is 7.51. The summed E-state index contributed by atoms with van der Waals surface area (Å²) in [5.74, 6) is -2.10. The SMILES string of the molecule is Cc1n[nH]c(C)c1/C(O)=C1\C(=O)C(=O)N(CCCN(C)C)[C@@H]1c1ccc(F)cc1. The molecule has 0 unspecified atom stereocenters. The number of nitrogens with zero attached hydrogens (tertiary/aromatic N) is 3. The second kappa shape index (κ2) is 8.16. The van der Waals surface area contributed by atoms with Crippen molar-refractivity contribution in [1.82, 2.24) is 20.0 Å². The van der Waals surface area contributed by atoms with Crippen LogP contribution in [0, 0.1) is 19.7 Å². The van der Waals surface area contributed by atoms with Crippen molar-refractivity contribution in [2.45, 2.75) is 26.3 Å². The van der Waals surface area contributed by atoms with Gasteiger partial charge in [0.1, 0.15) is 11.6 Å². The minimum absolute atomic E-state index is 0.000869. The lowest BCUT2D eigenvalue weighted by Crippen LogP contribution is -2.32. The second-order valence-corrected chi connectivity index (χ2v) is 7.51. The number of aryl methyl sites for hydroxylation is 2. The van der Waals surface area contributed by atoms with Gasteiger partial charge in [0.25, 0.3) is 11.7 Å². The van der Waals surface area contributed by atoms with Gasteiger partial charge in [-0.15, -0.1) is 0 Å². The summed E-state index contributed by atoms with van der Waals surface area (Å²) in [5, 5.41) is 17.9. The van der Waals surface area contributed by atoms with Crippen molar-refractivity contribution in [2.24, 2.45) is 0 Å². The number of ketones is 1. The predicted molar refractivity (Wildman–Crippen MR) is 107 cm³/mol. The third-order valence-corrected chi connectivity index (χ3v) is 5.09. The number of Topliss-reactive ketones (excluding diaryl/α,β-unsaturated/α-hetero) is 1. The molecule has 0 aliphatic carbocycles. The first kappa shape index (κ1) is 20.7. The van der Waals surface area contributed by atoms with Crippen molar-refractivity contribution >= 4 is 17.4 Å². The van der Waals surface area contributed by atoms with Gasteiger partial charge in [-0.2, -0.15) is 5.10 Å². The van der Waals surface area contributed by atoms with Gasteiger partial charge < -0.3 is 14.9 Å². The molecule has 7 nitrogen and oxygen atoms in total. The van der Waals surface area contributed by atoms with Crippen LogP contribution in [0.5, 0.6) is 0 Å². The van der Waals surface area contributed by atoms with Gasteiger partial charge in [-0.05, 0) is 58.6 Å². The number of aromatic amines is 1. The molecule has 2 heterocycles. The number of halogens is 1. The van der Waals surface area contributed by atoms with E-state index in [2.05, 4.69) is 10.2 Å². The van der Waals surface area contributed by atoms with Crippen LogP contribution >= 0.6 is 0 Å². The Bertz CT molecular complexity index is 943. The fourth-order valence-corrected chi connectivity index (χ4v) is 3.69. The highest BCUT2D eigenvalue weighted by Gasteiger charge is 2.46. The molecule has 0 saturated carbocycles. The highest BCUT2D eigenvalue weighted by molar-refractivity contribution is 6.46. The van der Waals surface area contributed by atoms with Crippen molar-refractivity contribution in [3.63, 3.8) is 0 Å². The molecule has 1 aliphatic heterocycles. The number of H-pyrrole nitrogens is 1. The Hall–Kier alpha value is -3.00. The molecule has 8 heteroatoms. The monoisotopic (exact) mass is 400 g/mol. The lowest BCUT2D eigenvalue weighted by Gasteiger charge is -2.26. The van der Waals surface area contributed by atoms with Crippen LogP contribution in [0.25, 0.3) is 5.76 Å². The lowest BCUT2D eigenvalue weighted by atomic mass is 9.94. The maximum Gasteiger partial charge on any atom is 0.295 e. The Morgan fingerprint density at radius 2 is 1.90 bits per heavy atom. The minimum Gasteiger partial charge on any atom is -0.507 e. The summed E-state index contributed by atoms with van der Waals surface area (Å²) in [4.78, 5) is 29.1. The van der Waals surface area contributed by atoms with Gasteiger partial charge in [-0.1, -0.05) is 12.1 Å². The molecular weight excluding hydrogens is 375 g/mol. The van der Waals surface area contributed by atoms with Gasteiger partial charge in [0.05, 0.1) is 22.9 Å². The summed E-state index contributed by atoms with van der Waals surface area (Å²) in [6.45, 7) is 4.51. The molecule has 1 aliphatic rings. The summed E-state index contributed by atoms with van der Waals surface area (Å²) < 4.78 is 13.5. The summed E-state index contributed by atoms with van der Waals surface area (Å²) in [5.41, 5.74) is 2.09. The number of carbonyl (C=O) groups is 2. The molecule has 2 N–H and O–H groups in total. The Balaban J connectivity index is 2.12. The van der Waals surface area contributed by atoms with E-state index < -0.39 is 23.5 Å². The fourth-order valence-electron chi connectivity index (χ4n) is 3.69. The normalized spacial score (nSPS) is 18.8. The highest BCUT2D eigenvalue weighted by Crippen LogP contribution is 2.40. The van der Waals surface area contributed by atoms with Gasteiger partial charge in [-0.3, -0.25) is 14.7 Å². The zero-order valence-corrected chi connectivity index (χ0v) is 17.0. The number of aliphatic hydroxyl groups is 1. The van der Waals surface area contributed by atoms with E-state index in [9.17, 15) is 19.1 Å². The zero-order chi connectivity index (χ0) is 21.3. The number of hydrogen-bond acceptors (Lipinski definition) is 5. The molecule has 1 amide bonds. The van der Waals surface area contributed by atoms with Crippen LogP contribution in [0.3, 0.4) is 0 Å². The Labute approximate surface area is 168 Å². The molecule has 3 rings (SSSR count). The van der Waals surface area contributed by atoms with Crippen LogP contribution in [0.2, 0.25) is 0 Å². The molecule has 154 valence electrons. The molecule has 2 aromatic rings. The molecule has 29 heavy (non-hydrogen) atoms. The van der Waals surface area contributed by atoms with E-state index in [1.165, 1.54) is 29.2 Å². The standard InChI is InChI=1S/C21H25FN4O3/c1-12-16(13(2)24-23-12)19(27)17-18(14-6-8-15(22)9-7-14)26(21(29)20(17)28)11-5-10-25(3)4/h6-9,18,27H,5,10-11H2,1-4H3,(H,23,24)/b19-17+/t18-/m1/s1. The van der Waals surface area contributed by atoms with Crippen LogP contribution in [0.15, 0.2) is 29.8 Å². The van der Waals surface area contributed by atoms with E-state index in [-0.39, 0.29) is 11.3 Å². The maximum absolute atomic E-state index is 13.5. The Morgan fingerprint density at radius 3 is 2.45 bits per heavy atom. The smallest absolute Gasteiger partial charge is 0.295 e. The first-order valence-electron chi connectivity index (χ1n) is 9.43. The number of amides is 1. The number of likely N-dealkylation sites (tertiary alicyclic amines) is 1. The summed E-state index contributed by atoms with van der Waals surface area (Å²) in [6, 6.07) is 4.85. The summed E-state index contributed by atoms with van der Waals surface area (Å²) in [6.07, 6.45) is 0.654. The molecule has 1 fully saturated rings. The minimum atomic E-state index is -0.786. The van der Waals surface area contributed by atoms with Crippen LogP contribution in [0.1, 0.15) is 35.0 Å². The van der Waals surface area contributed by atoms with Gasteiger partial charge in [0.2, 0.25) is 0 Å². The predicted octanol–water partition coefficient (Wildman–Crippen LogP) is 2.54. The average molecular weight is 400 g/mol. The van der Waals surface area contributed by atoms with Crippen molar-refractivity contribution < 1.29 is 19.1 Å². The van der Waals surface area contributed by atoms with Crippen molar-refractivity contribution in [1.29, 1.82) is 0 Å². The van der Waals surface area contributed by atoms with Gasteiger partial charge >= 0.3 is 0 Å². The maximum atomic E-state index is 13.5. The van der Waals surface area contributed by atoms with E-state index >= 15 is 0 Å². The van der Waals surface area contributed by atoms with Crippen LogP contribution in [-0.2, 0) is 9.59 Å². The highest BCUT2D eigenvalue weighted by atomic mass is 19.1. The van der Waals surface area contributed by atoms with E-state index in [4.69, 9.17) is 0 Å². The van der Waals surface area contributed by atoms with Gasteiger partial charge in [0.15, 0.2) is 0 Å². The first-order valence-corrected chi connectivity index (χ1v) is 9.43. The number of rotatable bonds is 6. The zero-order valence-electron chi connectivity index (χ0n) is 17.0. The quantitative estimate of drug-likeness (QED) is 0.442. The van der Waals surface area contributed by atoms with Crippen molar-refractivity contribution in [3.8, 4) is 0 Å². The first-order chi connectivity index (χ1) is 13.7. The molecule has 1 aromatic carbocycles. The van der Waals surface area contributed by atoms with Crippen LogP contribution < -0.4 is 0 Å². The number of hydrogen-bond donors (Lipinski definition) is 2. The average Bonchev–Trinajstić information content (AvgIpc) is 3.13. The van der Waals surface area contributed by atoms with Crippen LogP contribution in [-0.4, -0.2) is 64.0 Å². The van der Waals surface area contributed by atoms with Gasteiger partial charge in [-0.25, -0.2) is 4.39 Å². The molecule has 0 radical (unpaired) electrons. The molecule has 1 aromatic heterocycles. The van der Waals surface area contributed by atoms with E-state index in [0.29, 0.717) is 35.5 Å². The molecular formula is C21H25FN4O3. The Morgan fingerprint density at radius 1 is 1.24 bits per heavy atom. The number of aliphatic hydroxyl groups excluding tert-OH is 1. The molecule has 0 spiro atoms. The van der Waals surface area contributed by atoms with Crippen molar-refractivity contribution in [3.05, 3.63) is 58.2 Å². The van der Waals surface area contributed by atoms with E-state index in [1.807, 2.05) is 19.0 Å². The summed E-state index contributed by atoms with van der Waals surface area (Å²) >= 11 is 0. The third-order valence-electron chi connectivity index (χ3n) is 5.09. The molecule has 1 atom stereocenters. The topological polar surface area (TPSA) is 89.5 Å². The number of nitrogens with one attached hydrogen (secondary N) is 1. The van der Waals surface area contributed by atoms with Crippen LogP contribution in [0.4, 0.5) is 4.39 Å². The summed E-state index contributed by atoms with van der Waals surface area (Å²) in [7, 11) is 3.85.